The van der Waals surface area contributed by atoms with Crippen LogP contribution < -0.4 is 4.74 Å². The molecular weight excluding hydrogens is 302 g/mol. The Morgan fingerprint density at radius 3 is 2.42 bits per heavy atom. The predicted octanol–water partition coefficient (Wildman–Crippen LogP) is 4.20. The van der Waals surface area contributed by atoms with Crippen molar-refractivity contribution in [3.8, 4) is 5.75 Å². The SMILES string of the molecule is C[C@@H]1C[C@@H](C)CN(CCCOc2ccc(Br)cc2)C1. The first-order valence-corrected chi connectivity index (χ1v) is 8.03. The minimum absolute atomic E-state index is 0.806. The summed E-state index contributed by atoms with van der Waals surface area (Å²) in [6, 6.07) is 8.05. The van der Waals surface area contributed by atoms with Gasteiger partial charge in [-0.1, -0.05) is 29.8 Å². The molecule has 0 amide bonds. The van der Waals surface area contributed by atoms with E-state index in [0.717, 1.165) is 41.6 Å². The van der Waals surface area contributed by atoms with Gasteiger partial charge in [0.25, 0.3) is 0 Å². The molecule has 1 aliphatic heterocycles. The number of rotatable bonds is 5. The third kappa shape index (κ3) is 5.15. The van der Waals surface area contributed by atoms with E-state index in [1.165, 1.54) is 19.5 Å². The summed E-state index contributed by atoms with van der Waals surface area (Å²) in [5.74, 6) is 2.65. The summed E-state index contributed by atoms with van der Waals surface area (Å²) in [6.45, 7) is 9.19. The first-order chi connectivity index (χ1) is 9.13. The second kappa shape index (κ2) is 7.30. The lowest BCUT2D eigenvalue weighted by molar-refractivity contribution is 0.132. The number of nitrogens with zero attached hydrogens (tertiary/aromatic N) is 1. The Labute approximate surface area is 125 Å². The first-order valence-electron chi connectivity index (χ1n) is 7.24. The molecule has 1 aliphatic rings. The van der Waals surface area contributed by atoms with Gasteiger partial charge >= 0.3 is 0 Å². The van der Waals surface area contributed by atoms with Crippen LogP contribution >= 0.6 is 15.9 Å². The van der Waals surface area contributed by atoms with Gasteiger partial charge in [-0.05, 0) is 48.9 Å². The highest BCUT2D eigenvalue weighted by molar-refractivity contribution is 9.10. The summed E-state index contributed by atoms with van der Waals surface area (Å²) in [4.78, 5) is 2.59. The number of piperidine rings is 1. The van der Waals surface area contributed by atoms with Crippen molar-refractivity contribution in [3.05, 3.63) is 28.7 Å². The molecule has 0 N–H and O–H groups in total. The van der Waals surface area contributed by atoms with Gasteiger partial charge in [-0.2, -0.15) is 0 Å². The molecule has 0 aromatic heterocycles. The maximum Gasteiger partial charge on any atom is 0.119 e. The van der Waals surface area contributed by atoms with E-state index in [0.29, 0.717) is 0 Å². The Morgan fingerprint density at radius 2 is 1.79 bits per heavy atom. The largest absolute Gasteiger partial charge is 0.494 e. The molecule has 1 fully saturated rings. The standard InChI is InChI=1S/C16H24BrNO/c1-13-10-14(2)12-18(11-13)8-3-9-19-16-6-4-15(17)5-7-16/h4-7,13-14H,3,8-12H2,1-2H3/t13-,14-/m1/s1. The molecule has 1 aromatic carbocycles. The van der Waals surface area contributed by atoms with Crippen LogP contribution in [0.25, 0.3) is 0 Å². The van der Waals surface area contributed by atoms with Crippen LogP contribution in [0.15, 0.2) is 28.7 Å². The fourth-order valence-corrected chi connectivity index (χ4v) is 3.25. The third-order valence-electron chi connectivity index (χ3n) is 3.65. The van der Waals surface area contributed by atoms with Crippen LogP contribution in [0.4, 0.5) is 0 Å². The van der Waals surface area contributed by atoms with Crippen molar-refractivity contribution in [2.24, 2.45) is 11.8 Å². The van der Waals surface area contributed by atoms with Crippen LogP contribution in [0.5, 0.6) is 5.75 Å². The number of hydrogen-bond donors (Lipinski definition) is 0. The summed E-state index contributed by atoms with van der Waals surface area (Å²) in [5, 5.41) is 0. The van der Waals surface area contributed by atoms with Gasteiger partial charge in [0.2, 0.25) is 0 Å². The molecule has 3 heteroatoms. The van der Waals surface area contributed by atoms with Gasteiger partial charge in [0.1, 0.15) is 5.75 Å². The Balaban J connectivity index is 1.65. The van der Waals surface area contributed by atoms with E-state index < -0.39 is 0 Å². The van der Waals surface area contributed by atoms with Crippen LogP contribution in [0.3, 0.4) is 0 Å². The average Bonchev–Trinajstić information content (AvgIpc) is 2.36. The maximum absolute atomic E-state index is 5.76. The molecule has 19 heavy (non-hydrogen) atoms. The monoisotopic (exact) mass is 325 g/mol. The fourth-order valence-electron chi connectivity index (χ4n) is 2.98. The zero-order chi connectivity index (χ0) is 13.7. The van der Waals surface area contributed by atoms with Gasteiger partial charge < -0.3 is 9.64 Å². The van der Waals surface area contributed by atoms with Crippen molar-refractivity contribution < 1.29 is 4.74 Å². The minimum Gasteiger partial charge on any atom is -0.494 e. The lowest BCUT2D eigenvalue weighted by Crippen LogP contribution is -2.39. The molecule has 106 valence electrons. The van der Waals surface area contributed by atoms with Crippen LogP contribution in [-0.4, -0.2) is 31.1 Å². The highest BCUT2D eigenvalue weighted by Gasteiger charge is 2.20. The highest BCUT2D eigenvalue weighted by Crippen LogP contribution is 2.21. The number of halogens is 1. The van der Waals surface area contributed by atoms with Gasteiger partial charge in [-0.25, -0.2) is 0 Å². The van der Waals surface area contributed by atoms with E-state index in [-0.39, 0.29) is 0 Å². The van der Waals surface area contributed by atoms with Crippen LogP contribution in [0.1, 0.15) is 26.7 Å². The summed E-state index contributed by atoms with van der Waals surface area (Å²) >= 11 is 3.43. The molecule has 0 bridgehead atoms. The molecule has 2 rings (SSSR count). The average molecular weight is 326 g/mol. The minimum atomic E-state index is 0.806. The Bertz CT molecular complexity index is 369. The Morgan fingerprint density at radius 1 is 1.16 bits per heavy atom. The molecule has 0 radical (unpaired) electrons. The number of ether oxygens (including phenoxy) is 1. The van der Waals surface area contributed by atoms with Crippen LogP contribution in [0.2, 0.25) is 0 Å². The lowest BCUT2D eigenvalue weighted by Gasteiger charge is -2.34. The van der Waals surface area contributed by atoms with E-state index in [9.17, 15) is 0 Å². The number of benzene rings is 1. The lowest BCUT2D eigenvalue weighted by atomic mass is 9.92. The summed E-state index contributed by atoms with van der Waals surface area (Å²) in [7, 11) is 0. The summed E-state index contributed by atoms with van der Waals surface area (Å²) in [6.07, 6.45) is 2.49. The maximum atomic E-state index is 5.76. The van der Waals surface area contributed by atoms with Gasteiger partial charge in [0.15, 0.2) is 0 Å². The van der Waals surface area contributed by atoms with E-state index in [4.69, 9.17) is 4.74 Å². The van der Waals surface area contributed by atoms with Gasteiger partial charge in [-0.3, -0.25) is 0 Å². The number of hydrogen-bond acceptors (Lipinski definition) is 2. The van der Waals surface area contributed by atoms with Gasteiger partial charge in [-0.15, -0.1) is 0 Å². The molecule has 1 heterocycles. The van der Waals surface area contributed by atoms with Crippen molar-refractivity contribution in [2.75, 3.05) is 26.2 Å². The van der Waals surface area contributed by atoms with Crippen molar-refractivity contribution in [1.82, 2.24) is 4.90 Å². The molecule has 0 spiro atoms. The van der Waals surface area contributed by atoms with Crippen molar-refractivity contribution >= 4 is 15.9 Å². The smallest absolute Gasteiger partial charge is 0.119 e. The molecule has 2 atom stereocenters. The molecule has 0 aliphatic carbocycles. The highest BCUT2D eigenvalue weighted by atomic mass is 79.9. The molecule has 1 aromatic rings. The first kappa shape index (κ1) is 14.9. The van der Waals surface area contributed by atoms with E-state index in [2.05, 4.69) is 34.7 Å². The van der Waals surface area contributed by atoms with Crippen LogP contribution in [-0.2, 0) is 0 Å². The fraction of sp³-hybridized carbons (Fsp3) is 0.625. The zero-order valence-corrected chi connectivity index (χ0v) is 13.5. The van der Waals surface area contributed by atoms with E-state index in [1.807, 2.05) is 24.3 Å². The summed E-state index contributed by atoms with van der Waals surface area (Å²) in [5.41, 5.74) is 0. The molecule has 2 nitrogen and oxygen atoms in total. The Hall–Kier alpha value is -0.540. The molecular formula is C16H24BrNO. The van der Waals surface area contributed by atoms with Gasteiger partial charge in [0.05, 0.1) is 6.61 Å². The molecule has 1 saturated heterocycles. The quantitative estimate of drug-likeness (QED) is 0.752. The molecule has 0 saturated carbocycles. The number of likely N-dealkylation sites (tertiary alicyclic amines) is 1. The third-order valence-corrected chi connectivity index (χ3v) is 4.17. The topological polar surface area (TPSA) is 12.5 Å². The second-order valence-electron chi connectivity index (χ2n) is 5.86. The summed E-state index contributed by atoms with van der Waals surface area (Å²) < 4.78 is 6.85. The second-order valence-corrected chi connectivity index (χ2v) is 6.78. The van der Waals surface area contributed by atoms with Gasteiger partial charge in [0, 0.05) is 24.1 Å². The molecule has 0 unspecified atom stereocenters. The van der Waals surface area contributed by atoms with E-state index >= 15 is 0 Å². The van der Waals surface area contributed by atoms with Crippen molar-refractivity contribution in [1.29, 1.82) is 0 Å². The Kier molecular flexibility index (Phi) is 5.71. The normalized spacial score (nSPS) is 24.4. The zero-order valence-electron chi connectivity index (χ0n) is 11.9. The van der Waals surface area contributed by atoms with Crippen LogP contribution in [0, 0.1) is 11.8 Å². The van der Waals surface area contributed by atoms with Crippen molar-refractivity contribution in [3.63, 3.8) is 0 Å². The van der Waals surface area contributed by atoms with E-state index in [1.54, 1.807) is 0 Å². The predicted molar refractivity (Wildman–Crippen MR) is 83.6 cm³/mol. The van der Waals surface area contributed by atoms with Crippen molar-refractivity contribution in [2.45, 2.75) is 26.7 Å².